The molecule has 0 amide bonds. The predicted molar refractivity (Wildman–Crippen MR) is 32.9 cm³/mol. The second-order valence-corrected chi connectivity index (χ2v) is 1.50. The van der Waals surface area contributed by atoms with Crippen molar-refractivity contribution in [3.63, 3.8) is 0 Å². The van der Waals surface area contributed by atoms with Crippen molar-refractivity contribution < 1.29 is 9.90 Å². The molecule has 3 heteroatoms. The van der Waals surface area contributed by atoms with Gasteiger partial charge < -0.3 is 5.11 Å². The van der Waals surface area contributed by atoms with Crippen LogP contribution in [0.4, 0.5) is 0 Å². The van der Waals surface area contributed by atoms with E-state index in [1.165, 1.54) is 0 Å². The quantitative estimate of drug-likeness (QED) is 0.670. The van der Waals surface area contributed by atoms with Crippen molar-refractivity contribution in [2.75, 3.05) is 0 Å². The van der Waals surface area contributed by atoms with Gasteiger partial charge in [0.1, 0.15) is 0 Å². The zero-order valence-electron chi connectivity index (χ0n) is 5.18. The van der Waals surface area contributed by atoms with Crippen molar-refractivity contribution in [1.29, 1.82) is 0 Å². The van der Waals surface area contributed by atoms with E-state index in [1.54, 1.807) is 0 Å². The fourth-order valence-electron chi connectivity index (χ4n) is 0.328. The summed E-state index contributed by atoms with van der Waals surface area (Å²) in [6.07, 6.45) is 2.08. The van der Waals surface area contributed by atoms with Gasteiger partial charge in [-0.15, -0.1) is 0 Å². The normalized spacial score (nSPS) is 7.62. The van der Waals surface area contributed by atoms with Crippen molar-refractivity contribution >= 4 is 51.5 Å². The Morgan fingerprint density at radius 1 is 1.62 bits per heavy atom. The molecule has 0 aromatic rings. The van der Waals surface area contributed by atoms with Gasteiger partial charge in [-0.2, -0.15) is 0 Å². The molecule has 0 aliphatic carbocycles. The molecule has 0 aliphatic heterocycles. The molecule has 2 nitrogen and oxygen atoms in total. The molecule has 0 aromatic carbocycles. The Hall–Kier alpha value is 0.951. The molecule has 0 fully saturated rings. The third-order valence-electron chi connectivity index (χ3n) is 0.744. The topological polar surface area (TPSA) is 37.3 Å². The third kappa shape index (κ3) is 10.0. The molecule has 0 atom stereocenters. The molecule has 0 bridgehead atoms. The van der Waals surface area contributed by atoms with Gasteiger partial charge in [0.2, 0.25) is 0 Å². The SMILES string of the molecule is CCCCC(=O)O.[Sr]. The third-order valence-corrected chi connectivity index (χ3v) is 0.744. The van der Waals surface area contributed by atoms with E-state index in [2.05, 4.69) is 0 Å². The molecule has 44 valence electrons. The van der Waals surface area contributed by atoms with Crippen LogP contribution in [-0.2, 0) is 4.79 Å². The van der Waals surface area contributed by atoms with Gasteiger partial charge in [-0.1, -0.05) is 13.3 Å². The van der Waals surface area contributed by atoms with Crippen LogP contribution in [0.3, 0.4) is 0 Å². The Labute approximate surface area is 86.5 Å². The van der Waals surface area contributed by atoms with Gasteiger partial charge in [0.05, 0.1) is 0 Å². The first kappa shape index (κ1) is 11.7. The van der Waals surface area contributed by atoms with Crippen LogP contribution in [0, 0.1) is 0 Å². The minimum Gasteiger partial charge on any atom is -0.481 e. The maximum Gasteiger partial charge on any atom is 0.303 e. The van der Waals surface area contributed by atoms with Crippen molar-refractivity contribution in [3.8, 4) is 0 Å². The fraction of sp³-hybridized carbons (Fsp3) is 0.800. The smallest absolute Gasteiger partial charge is 0.303 e. The van der Waals surface area contributed by atoms with Crippen LogP contribution in [0.1, 0.15) is 26.2 Å². The minimum atomic E-state index is -0.693. The van der Waals surface area contributed by atoms with Crippen LogP contribution in [0.25, 0.3) is 0 Å². The van der Waals surface area contributed by atoms with E-state index in [1.807, 2.05) is 6.92 Å². The first-order chi connectivity index (χ1) is 3.27. The van der Waals surface area contributed by atoms with Gasteiger partial charge in [-0.3, -0.25) is 4.79 Å². The number of hydrogen-bond donors (Lipinski definition) is 1. The van der Waals surface area contributed by atoms with Gasteiger partial charge >= 0.3 is 5.97 Å². The summed E-state index contributed by atoms with van der Waals surface area (Å²) in [6.45, 7) is 1.98. The number of hydrogen-bond acceptors (Lipinski definition) is 1. The number of unbranched alkanes of at least 4 members (excludes halogenated alkanes) is 1. The number of carbonyl (C=O) groups is 1. The van der Waals surface area contributed by atoms with E-state index in [0.717, 1.165) is 12.8 Å². The minimum absolute atomic E-state index is 0. The molecule has 0 heterocycles. The molecule has 0 saturated carbocycles. The van der Waals surface area contributed by atoms with E-state index < -0.39 is 5.97 Å². The zero-order chi connectivity index (χ0) is 5.70. The predicted octanol–water partition coefficient (Wildman–Crippen LogP) is 0.880. The van der Waals surface area contributed by atoms with Gasteiger partial charge in [0, 0.05) is 51.9 Å². The fourth-order valence-corrected chi connectivity index (χ4v) is 0.328. The Morgan fingerprint density at radius 3 is 2.25 bits per heavy atom. The molecule has 0 aliphatic rings. The van der Waals surface area contributed by atoms with Crippen molar-refractivity contribution in [3.05, 3.63) is 0 Å². The maximum atomic E-state index is 9.76. The van der Waals surface area contributed by atoms with Crippen molar-refractivity contribution in [2.45, 2.75) is 26.2 Å². The molecular formula is C5H10O2Sr. The molecule has 1 N–H and O–H groups in total. The summed E-state index contributed by atoms with van der Waals surface area (Å²) in [5, 5.41) is 8.04. The first-order valence-corrected chi connectivity index (χ1v) is 2.49. The summed E-state index contributed by atoms with van der Waals surface area (Å²) in [5.74, 6) is -0.693. The molecule has 8 heavy (non-hydrogen) atoms. The summed E-state index contributed by atoms with van der Waals surface area (Å²) in [6, 6.07) is 0. The Balaban J connectivity index is 0. The Bertz CT molecular complexity index is 63.4. The summed E-state index contributed by atoms with van der Waals surface area (Å²) in [4.78, 5) is 9.76. The molecule has 0 aromatic heterocycles. The zero-order valence-corrected chi connectivity index (χ0v) is 8.66. The average Bonchev–Trinajstić information content (AvgIpc) is 1.61. The summed E-state index contributed by atoms with van der Waals surface area (Å²) < 4.78 is 0. The van der Waals surface area contributed by atoms with Gasteiger partial charge in [0.15, 0.2) is 0 Å². The van der Waals surface area contributed by atoms with E-state index in [4.69, 9.17) is 5.11 Å². The second kappa shape index (κ2) is 7.95. The molecule has 0 spiro atoms. The molecule has 2 radical (unpaired) electrons. The summed E-state index contributed by atoms with van der Waals surface area (Å²) >= 11 is 0. The van der Waals surface area contributed by atoms with E-state index >= 15 is 0 Å². The van der Waals surface area contributed by atoms with Crippen LogP contribution < -0.4 is 0 Å². The number of carboxylic acid groups (broad SMARTS) is 1. The molecule has 0 unspecified atom stereocenters. The number of aliphatic carboxylic acids is 1. The van der Waals surface area contributed by atoms with Crippen LogP contribution in [0.15, 0.2) is 0 Å². The van der Waals surface area contributed by atoms with Gasteiger partial charge in [0.25, 0.3) is 0 Å². The van der Waals surface area contributed by atoms with Crippen LogP contribution in [0.5, 0.6) is 0 Å². The van der Waals surface area contributed by atoms with E-state index in [9.17, 15) is 4.79 Å². The molecule has 0 saturated heterocycles. The Morgan fingerprint density at radius 2 is 2.12 bits per heavy atom. The van der Waals surface area contributed by atoms with Crippen LogP contribution >= 0.6 is 0 Å². The van der Waals surface area contributed by atoms with E-state index in [-0.39, 0.29) is 45.5 Å². The second-order valence-electron chi connectivity index (χ2n) is 1.50. The Kier molecular flexibility index (Phi) is 11.6. The summed E-state index contributed by atoms with van der Waals surface area (Å²) in [5.41, 5.74) is 0. The van der Waals surface area contributed by atoms with Crippen LogP contribution in [-0.4, -0.2) is 56.6 Å². The number of carboxylic acids is 1. The molecular weight excluding hydrogens is 180 g/mol. The van der Waals surface area contributed by atoms with Crippen molar-refractivity contribution in [1.82, 2.24) is 0 Å². The van der Waals surface area contributed by atoms with Crippen molar-refractivity contribution in [2.24, 2.45) is 0 Å². The largest absolute Gasteiger partial charge is 0.481 e. The summed E-state index contributed by atoms with van der Waals surface area (Å²) in [7, 11) is 0. The van der Waals surface area contributed by atoms with Gasteiger partial charge in [-0.05, 0) is 6.42 Å². The standard InChI is InChI=1S/C5H10O2.Sr/c1-2-3-4-5(6)7;/h2-4H2,1H3,(H,6,7);. The van der Waals surface area contributed by atoms with Crippen LogP contribution in [0.2, 0.25) is 0 Å². The average molecular weight is 190 g/mol. The first-order valence-electron chi connectivity index (χ1n) is 2.49. The van der Waals surface area contributed by atoms with Gasteiger partial charge in [-0.25, -0.2) is 0 Å². The maximum absolute atomic E-state index is 9.76. The molecule has 0 rings (SSSR count). The van der Waals surface area contributed by atoms with E-state index in [0.29, 0.717) is 6.42 Å². The number of rotatable bonds is 3. The monoisotopic (exact) mass is 190 g/mol.